The van der Waals surface area contributed by atoms with Gasteiger partial charge in [0.1, 0.15) is 11.6 Å². The number of hydrogen-bond acceptors (Lipinski definition) is 3. The quantitative estimate of drug-likeness (QED) is 0.746. The van der Waals surface area contributed by atoms with Crippen molar-refractivity contribution in [3.8, 4) is 0 Å². The maximum Gasteiger partial charge on any atom is 0.243 e. The number of benzene rings is 2. The Bertz CT molecular complexity index is 1030. The molecule has 1 amide bonds. The molecular formula is C21H22F2N2O3S. The molecule has 2 aromatic carbocycles. The van der Waals surface area contributed by atoms with E-state index < -0.39 is 21.7 Å². The Kier molecular flexibility index (Phi) is 5.40. The molecule has 0 atom stereocenters. The van der Waals surface area contributed by atoms with Crippen molar-refractivity contribution in [3.63, 3.8) is 0 Å². The van der Waals surface area contributed by atoms with Crippen molar-refractivity contribution in [2.24, 2.45) is 0 Å². The first-order valence-corrected chi connectivity index (χ1v) is 11.2. The maximum atomic E-state index is 13.9. The van der Waals surface area contributed by atoms with E-state index in [0.717, 1.165) is 24.5 Å². The summed E-state index contributed by atoms with van der Waals surface area (Å²) in [5.41, 5.74) is 1.51. The predicted octanol–water partition coefficient (Wildman–Crippen LogP) is 3.27. The van der Waals surface area contributed by atoms with Crippen LogP contribution in [-0.2, 0) is 27.7 Å². The lowest BCUT2D eigenvalue weighted by molar-refractivity contribution is -0.118. The van der Waals surface area contributed by atoms with Crippen LogP contribution in [-0.4, -0.2) is 38.3 Å². The van der Waals surface area contributed by atoms with Gasteiger partial charge in [-0.2, -0.15) is 4.31 Å². The molecule has 2 heterocycles. The van der Waals surface area contributed by atoms with Gasteiger partial charge in [0.2, 0.25) is 15.9 Å². The minimum atomic E-state index is -3.45. The minimum Gasteiger partial charge on any atom is -0.312 e. The molecule has 5 nitrogen and oxygen atoms in total. The molecule has 0 saturated carbocycles. The van der Waals surface area contributed by atoms with E-state index in [9.17, 15) is 22.0 Å². The van der Waals surface area contributed by atoms with Crippen molar-refractivity contribution in [2.75, 3.05) is 24.5 Å². The fraction of sp³-hybridized carbons (Fsp3) is 0.381. The lowest BCUT2D eigenvalue weighted by Gasteiger charge is -2.18. The smallest absolute Gasteiger partial charge is 0.243 e. The van der Waals surface area contributed by atoms with Crippen molar-refractivity contribution in [3.05, 3.63) is 59.2 Å². The van der Waals surface area contributed by atoms with Crippen LogP contribution in [0.25, 0.3) is 0 Å². The number of sulfonamides is 1. The van der Waals surface area contributed by atoms with Gasteiger partial charge in [-0.3, -0.25) is 4.79 Å². The SMILES string of the molecule is O=C(CCc1ccc(S(=O)(=O)N2CCCC2)cc1)N1CCc2c(F)cc(F)cc21. The van der Waals surface area contributed by atoms with Crippen LogP contribution in [0, 0.1) is 11.6 Å². The fourth-order valence-corrected chi connectivity index (χ4v) is 5.49. The van der Waals surface area contributed by atoms with Gasteiger partial charge < -0.3 is 4.90 Å². The van der Waals surface area contributed by atoms with Gasteiger partial charge in [-0.25, -0.2) is 17.2 Å². The number of fused-ring (bicyclic) bond motifs is 1. The summed E-state index contributed by atoms with van der Waals surface area (Å²) < 4.78 is 54.0. The third-order valence-electron chi connectivity index (χ3n) is 5.57. The van der Waals surface area contributed by atoms with Crippen LogP contribution in [0.3, 0.4) is 0 Å². The Hall–Kier alpha value is -2.32. The lowest BCUT2D eigenvalue weighted by Crippen LogP contribution is -2.29. The van der Waals surface area contributed by atoms with Gasteiger partial charge in [-0.05, 0) is 49.4 Å². The molecule has 154 valence electrons. The first-order chi connectivity index (χ1) is 13.9. The Morgan fingerprint density at radius 1 is 1.00 bits per heavy atom. The number of amides is 1. The molecule has 0 spiro atoms. The van der Waals surface area contributed by atoms with Crippen LogP contribution in [0.5, 0.6) is 0 Å². The number of anilines is 1. The molecule has 8 heteroatoms. The van der Waals surface area contributed by atoms with Crippen LogP contribution < -0.4 is 4.90 Å². The number of halogens is 2. The van der Waals surface area contributed by atoms with E-state index in [0.29, 0.717) is 43.7 Å². The van der Waals surface area contributed by atoms with Gasteiger partial charge in [-0.1, -0.05) is 12.1 Å². The molecule has 0 aliphatic carbocycles. The summed E-state index contributed by atoms with van der Waals surface area (Å²) in [7, 11) is -3.45. The van der Waals surface area contributed by atoms with E-state index in [1.165, 1.54) is 15.3 Å². The second kappa shape index (κ2) is 7.84. The molecule has 2 aromatic rings. The Morgan fingerprint density at radius 2 is 1.69 bits per heavy atom. The Morgan fingerprint density at radius 3 is 2.38 bits per heavy atom. The molecule has 1 saturated heterocycles. The standard InChI is InChI=1S/C21H22F2N2O3S/c22-16-13-19(23)18-9-12-25(20(18)14-16)21(26)8-5-15-3-6-17(7-4-15)29(27,28)24-10-1-2-11-24/h3-4,6-7,13-14H,1-2,5,8-12H2. The highest BCUT2D eigenvalue weighted by Gasteiger charge is 2.28. The highest BCUT2D eigenvalue weighted by molar-refractivity contribution is 7.89. The second-order valence-electron chi connectivity index (χ2n) is 7.44. The van der Waals surface area contributed by atoms with E-state index in [4.69, 9.17) is 0 Å². The largest absolute Gasteiger partial charge is 0.312 e. The van der Waals surface area contributed by atoms with E-state index >= 15 is 0 Å². The zero-order valence-corrected chi connectivity index (χ0v) is 16.7. The van der Waals surface area contributed by atoms with Crippen LogP contribution in [0.15, 0.2) is 41.3 Å². The topological polar surface area (TPSA) is 57.7 Å². The van der Waals surface area contributed by atoms with Crippen LogP contribution in [0.4, 0.5) is 14.5 Å². The third kappa shape index (κ3) is 3.91. The fourth-order valence-electron chi connectivity index (χ4n) is 3.97. The monoisotopic (exact) mass is 420 g/mol. The maximum absolute atomic E-state index is 13.9. The lowest BCUT2D eigenvalue weighted by atomic mass is 10.1. The number of carbonyl (C=O) groups is 1. The van der Waals surface area contributed by atoms with Gasteiger partial charge in [0.05, 0.1) is 10.6 Å². The van der Waals surface area contributed by atoms with E-state index in [-0.39, 0.29) is 17.2 Å². The zero-order chi connectivity index (χ0) is 20.6. The van der Waals surface area contributed by atoms with E-state index in [2.05, 4.69) is 0 Å². The Balaban J connectivity index is 1.41. The van der Waals surface area contributed by atoms with Gasteiger partial charge in [-0.15, -0.1) is 0 Å². The molecule has 1 fully saturated rings. The van der Waals surface area contributed by atoms with Crippen LogP contribution >= 0.6 is 0 Å². The van der Waals surface area contributed by atoms with Gasteiger partial charge in [0.25, 0.3) is 0 Å². The number of carbonyl (C=O) groups excluding carboxylic acids is 1. The highest BCUT2D eigenvalue weighted by Crippen LogP contribution is 2.32. The summed E-state index contributed by atoms with van der Waals surface area (Å²) in [6.07, 6.45) is 2.73. The molecule has 4 rings (SSSR count). The molecule has 29 heavy (non-hydrogen) atoms. The Labute approximate surface area is 169 Å². The number of nitrogens with zero attached hydrogens (tertiary/aromatic N) is 2. The first kappa shape index (κ1) is 20.0. The molecule has 2 aliphatic rings. The molecular weight excluding hydrogens is 398 g/mol. The van der Waals surface area contributed by atoms with Crippen molar-refractivity contribution in [1.29, 1.82) is 0 Å². The third-order valence-corrected chi connectivity index (χ3v) is 7.48. The zero-order valence-electron chi connectivity index (χ0n) is 15.9. The van der Waals surface area contributed by atoms with Crippen LogP contribution in [0.2, 0.25) is 0 Å². The summed E-state index contributed by atoms with van der Waals surface area (Å²) in [5.74, 6) is -1.52. The summed E-state index contributed by atoms with van der Waals surface area (Å²) in [6, 6.07) is 8.61. The molecule has 0 radical (unpaired) electrons. The molecule has 0 aromatic heterocycles. The van der Waals surface area contributed by atoms with Crippen molar-refractivity contribution in [1.82, 2.24) is 4.31 Å². The van der Waals surface area contributed by atoms with Crippen LogP contribution in [0.1, 0.15) is 30.4 Å². The summed E-state index contributed by atoms with van der Waals surface area (Å²) in [5, 5.41) is 0. The van der Waals surface area contributed by atoms with E-state index in [1.807, 2.05) is 0 Å². The van der Waals surface area contributed by atoms with Crippen molar-refractivity contribution in [2.45, 2.75) is 37.0 Å². The molecule has 0 unspecified atom stereocenters. The van der Waals surface area contributed by atoms with E-state index in [1.54, 1.807) is 24.3 Å². The first-order valence-electron chi connectivity index (χ1n) is 9.73. The molecule has 0 bridgehead atoms. The summed E-state index contributed by atoms with van der Waals surface area (Å²) in [6.45, 7) is 1.44. The van der Waals surface area contributed by atoms with Gasteiger partial charge >= 0.3 is 0 Å². The summed E-state index contributed by atoms with van der Waals surface area (Å²) in [4.78, 5) is 14.3. The van der Waals surface area contributed by atoms with Gasteiger partial charge in [0, 0.05) is 37.7 Å². The number of hydrogen-bond donors (Lipinski definition) is 0. The van der Waals surface area contributed by atoms with Crippen molar-refractivity contribution >= 4 is 21.6 Å². The predicted molar refractivity (Wildman–Crippen MR) is 105 cm³/mol. The number of rotatable bonds is 5. The average molecular weight is 420 g/mol. The average Bonchev–Trinajstić information content (AvgIpc) is 3.37. The number of aryl methyl sites for hydroxylation is 1. The normalized spacial score (nSPS) is 17.0. The minimum absolute atomic E-state index is 0.176. The summed E-state index contributed by atoms with van der Waals surface area (Å²) >= 11 is 0. The van der Waals surface area contributed by atoms with Gasteiger partial charge in [0.15, 0.2) is 0 Å². The van der Waals surface area contributed by atoms with Crippen molar-refractivity contribution < 1.29 is 22.0 Å². The molecule has 2 aliphatic heterocycles. The second-order valence-corrected chi connectivity index (χ2v) is 9.37. The highest BCUT2D eigenvalue weighted by atomic mass is 32.2. The molecule has 0 N–H and O–H groups in total.